The summed E-state index contributed by atoms with van der Waals surface area (Å²) in [5.41, 5.74) is 1.75. The minimum atomic E-state index is -0.580. The van der Waals surface area contributed by atoms with Gasteiger partial charge < -0.3 is 10.2 Å². The Labute approximate surface area is 201 Å². The largest absolute Gasteiger partial charge is 0.354 e. The molecule has 2 aromatic rings. The Morgan fingerprint density at radius 1 is 0.912 bits per heavy atom. The first-order chi connectivity index (χ1) is 16.5. The molecule has 0 saturated carbocycles. The van der Waals surface area contributed by atoms with Crippen LogP contribution in [0.15, 0.2) is 54.6 Å². The predicted molar refractivity (Wildman–Crippen MR) is 130 cm³/mol. The van der Waals surface area contributed by atoms with Crippen molar-refractivity contribution in [3.63, 3.8) is 0 Å². The molecular formula is C27H33N3O4. The maximum Gasteiger partial charge on any atom is 0.261 e. The van der Waals surface area contributed by atoms with Gasteiger partial charge in [0.15, 0.2) is 0 Å². The summed E-state index contributed by atoms with van der Waals surface area (Å²) in [4.78, 5) is 54.2. The number of nitrogens with one attached hydrogen (secondary N) is 1. The number of benzene rings is 2. The molecule has 0 spiro atoms. The molecule has 1 atom stereocenters. The molecule has 0 aromatic heterocycles. The SMILES string of the molecule is CCCCNC(=O)[C@@H](CC)N(Cc1ccccc1)C(=O)CCCN1C(=O)c2ccccc2C1=O. The lowest BCUT2D eigenvalue weighted by molar-refractivity contribution is -0.141. The molecule has 0 unspecified atom stereocenters. The zero-order valence-corrected chi connectivity index (χ0v) is 20.0. The maximum atomic E-state index is 13.3. The van der Waals surface area contributed by atoms with Crippen LogP contribution in [-0.4, -0.2) is 52.6 Å². The van der Waals surface area contributed by atoms with Crippen molar-refractivity contribution < 1.29 is 19.2 Å². The summed E-state index contributed by atoms with van der Waals surface area (Å²) in [6.07, 6.45) is 2.83. The van der Waals surface area contributed by atoms with Gasteiger partial charge in [-0.15, -0.1) is 0 Å². The van der Waals surface area contributed by atoms with Crippen LogP contribution in [0.4, 0.5) is 0 Å². The highest BCUT2D eigenvalue weighted by molar-refractivity contribution is 6.21. The van der Waals surface area contributed by atoms with Crippen molar-refractivity contribution in [3.8, 4) is 0 Å². The van der Waals surface area contributed by atoms with Gasteiger partial charge in [0.25, 0.3) is 11.8 Å². The van der Waals surface area contributed by atoms with Crippen LogP contribution in [-0.2, 0) is 16.1 Å². The van der Waals surface area contributed by atoms with Crippen LogP contribution in [0.2, 0.25) is 0 Å². The van der Waals surface area contributed by atoms with Gasteiger partial charge in [0.2, 0.25) is 11.8 Å². The van der Waals surface area contributed by atoms with Crippen molar-refractivity contribution in [2.75, 3.05) is 13.1 Å². The summed E-state index contributed by atoms with van der Waals surface area (Å²) in [6.45, 7) is 5.03. The Bertz CT molecular complexity index is 987. The van der Waals surface area contributed by atoms with E-state index in [0.717, 1.165) is 18.4 Å². The molecule has 3 rings (SSSR count). The van der Waals surface area contributed by atoms with Gasteiger partial charge in [-0.05, 0) is 37.0 Å². The molecule has 34 heavy (non-hydrogen) atoms. The molecule has 180 valence electrons. The van der Waals surface area contributed by atoms with Crippen molar-refractivity contribution in [2.24, 2.45) is 0 Å². The average Bonchev–Trinajstić information content (AvgIpc) is 3.09. The standard InChI is InChI=1S/C27H33N3O4/c1-3-5-17-28-25(32)23(4-2)30(19-20-12-7-6-8-13-20)24(31)16-11-18-29-26(33)21-14-9-10-15-22(21)27(29)34/h6-10,12-15,23H,3-5,11,16-19H2,1-2H3,(H,28,32)/t23-/m1/s1. The third kappa shape index (κ3) is 5.90. The average molecular weight is 464 g/mol. The Morgan fingerprint density at radius 3 is 2.12 bits per heavy atom. The van der Waals surface area contributed by atoms with E-state index in [-0.39, 0.29) is 36.6 Å². The van der Waals surface area contributed by atoms with E-state index in [1.54, 1.807) is 29.2 Å². The fraction of sp³-hybridized carbons (Fsp3) is 0.407. The van der Waals surface area contributed by atoms with Crippen molar-refractivity contribution in [1.29, 1.82) is 0 Å². The lowest BCUT2D eigenvalue weighted by Crippen LogP contribution is -2.49. The van der Waals surface area contributed by atoms with Gasteiger partial charge in [-0.2, -0.15) is 0 Å². The quantitative estimate of drug-likeness (QED) is 0.383. The van der Waals surface area contributed by atoms with Crippen LogP contribution in [0.1, 0.15) is 72.2 Å². The minimum absolute atomic E-state index is 0.138. The molecule has 0 fully saturated rings. The molecule has 0 saturated heterocycles. The smallest absolute Gasteiger partial charge is 0.261 e. The van der Waals surface area contributed by atoms with Crippen molar-refractivity contribution in [1.82, 2.24) is 15.1 Å². The molecule has 0 radical (unpaired) electrons. The molecule has 1 aliphatic heterocycles. The highest BCUT2D eigenvalue weighted by atomic mass is 16.2. The summed E-state index contributed by atoms with van der Waals surface area (Å²) in [7, 11) is 0. The highest BCUT2D eigenvalue weighted by Crippen LogP contribution is 2.23. The Hall–Kier alpha value is -3.48. The second kappa shape index (κ2) is 12.1. The lowest BCUT2D eigenvalue weighted by atomic mass is 10.1. The van der Waals surface area contributed by atoms with E-state index >= 15 is 0 Å². The highest BCUT2D eigenvalue weighted by Gasteiger charge is 2.35. The first kappa shape index (κ1) is 25.1. The number of imide groups is 1. The number of hydrogen-bond donors (Lipinski definition) is 1. The van der Waals surface area contributed by atoms with Gasteiger partial charge in [0.05, 0.1) is 11.1 Å². The Kier molecular flexibility index (Phi) is 8.96. The normalized spacial score (nSPS) is 13.5. The van der Waals surface area contributed by atoms with Crippen LogP contribution in [0.3, 0.4) is 0 Å². The van der Waals surface area contributed by atoms with Gasteiger partial charge in [0, 0.05) is 26.1 Å². The predicted octanol–water partition coefficient (Wildman–Crippen LogP) is 3.79. The van der Waals surface area contributed by atoms with Crippen LogP contribution >= 0.6 is 0 Å². The topological polar surface area (TPSA) is 86.8 Å². The summed E-state index contributed by atoms with van der Waals surface area (Å²) < 4.78 is 0. The summed E-state index contributed by atoms with van der Waals surface area (Å²) in [5.74, 6) is -0.967. The number of nitrogens with zero attached hydrogens (tertiary/aromatic N) is 2. The lowest BCUT2D eigenvalue weighted by Gasteiger charge is -2.31. The van der Waals surface area contributed by atoms with E-state index < -0.39 is 6.04 Å². The molecule has 1 heterocycles. The number of carbonyl (C=O) groups is 4. The number of rotatable bonds is 12. The fourth-order valence-electron chi connectivity index (χ4n) is 4.18. The van der Waals surface area contributed by atoms with Crippen molar-refractivity contribution >= 4 is 23.6 Å². The van der Waals surface area contributed by atoms with Crippen molar-refractivity contribution in [3.05, 3.63) is 71.3 Å². The second-order valence-corrected chi connectivity index (χ2v) is 8.49. The molecule has 0 aliphatic carbocycles. The molecular weight excluding hydrogens is 430 g/mol. The number of carbonyl (C=O) groups excluding carboxylic acids is 4. The van der Waals surface area contributed by atoms with Gasteiger partial charge in [-0.25, -0.2) is 0 Å². The van der Waals surface area contributed by atoms with E-state index in [1.165, 1.54) is 4.90 Å². The van der Waals surface area contributed by atoms with Gasteiger partial charge in [0.1, 0.15) is 6.04 Å². The number of amides is 4. The molecule has 1 N–H and O–H groups in total. The molecule has 2 aromatic carbocycles. The van der Waals surface area contributed by atoms with Gasteiger partial charge >= 0.3 is 0 Å². The van der Waals surface area contributed by atoms with E-state index in [0.29, 0.717) is 37.1 Å². The monoisotopic (exact) mass is 463 g/mol. The molecule has 1 aliphatic rings. The van der Waals surface area contributed by atoms with Crippen LogP contribution < -0.4 is 5.32 Å². The number of unbranched alkanes of at least 4 members (excludes halogenated alkanes) is 1. The van der Waals surface area contributed by atoms with Crippen LogP contribution in [0.25, 0.3) is 0 Å². The van der Waals surface area contributed by atoms with E-state index in [4.69, 9.17) is 0 Å². The second-order valence-electron chi connectivity index (χ2n) is 8.49. The van der Waals surface area contributed by atoms with Gasteiger partial charge in [-0.1, -0.05) is 62.7 Å². The molecule has 7 nitrogen and oxygen atoms in total. The van der Waals surface area contributed by atoms with E-state index in [1.807, 2.05) is 37.3 Å². The first-order valence-corrected chi connectivity index (χ1v) is 12.0. The van der Waals surface area contributed by atoms with Crippen molar-refractivity contribution in [2.45, 2.75) is 58.5 Å². The summed E-state index contributed by atoms with van der Waals surface area (Å²) >= 11 is 0. The van der Waals surface area contributed by atoms with Gasteiger partial charge in [-0.3, -0.25) is 24.1 Å². The minimum Gasteiger partial charge on any atom is -0.354 e. The maximum absolute atomic E-state index is 13.3. The number of hydrogen-bond acceptors (Lipinski definition) is 4. The fourth-order valence-corrected chi connectivity index (χ4v) is 4.18. The molecule has 0 bridgehead atoms. The third-order valence-electron chi connectivity index (χ3n) is 6.06. The molecule has 4 amide bonds. The zero-order valence-electron chi connectivity index (χ0n) is 20.0. The zero-order chi connectivity index (χ0) is 24.5. The first-order valence-electron chi connectivity index (χ1n) is 12.0. The van der Waals surface area contributed by atoms with Crippen LogP contribution in [0.5, 0.6) is 0 Å². The van der Waals surface area contributed by atoms with E-state index in [2.05, 4.69) is 12.2 Å². The Balaban J connectivity index is 1.66. The Morgan fingerprint density at radius 2 is 1.53 bits per heavy atom. The third-order valence-corrected chi connectivity index (χ3v) is 6.06. The summed E-state index contributed by atoms with van der Waals surface area (Å²) in [6, 6.07) is 15.8. The summed E-state index contributed by atoms with van der Waals surface area (Å²) in [5, 5.41) is 2.95. The van der Waals surface area contributed by atoms with E-state index in [9.17, 15) is 19.2 Å². The number of fused-ring (bicyclic) bond motifs is 1. The van der Waals surface area contributed by atoms with Crippen LogP contribution in [0, 0.1) is 0 Å². The molecule has 7 heteroatoms.